The number of rotatable bonds is 2. The van der Waals surface area contributed by atoms with Gasteiger partial charge in [-0.25, -0.2) is 0 Å². The minimum Gasteiger partial charge on any atom is -0.495 e. The zero-order valence-corrected chi connectivity index (χ0v) is 7.26. The van der Waals surface area contributed by atoms with E-state index in [1.54, 1.807) is 0 Å². The van der Waals surface area contributed by atoms with Gasteiger partial charge in [-0.05, 0) is 32.3 Å². The maximum Gasteiger partial charge on any atom is 0.108 e. The van der Waals surface area contributed by atoms with Crippen LogP contribution >= 0.6 is 0 Å². The molecule has 0 bridgehead atoms. The number of aliphatic hydroxyl groups excluding tert-OH is 1. The second-order valence-electron chi connectivity index (χ2n) is 3.51. The zero-order chi connectivity index (χ0) is 8.32. The molecule has 0 aromatic carbocycles. The van der Waals surface area contributed by atoms with Crippen LogP contribution in [0.1, 0.15) is 33.1 Å². The van der Waals surface area contributed by atoms with E-state index in [0.717, 1.165) is 19.3 Å². The van der Waals surface area contributed by atoms with Crippen LogP contribution in [0.3, 0.4) is 0 Å². The molecule has 1 unspecified atom stereocenters. The van der Waals surface area contributed by atoms with E-state index in [-0.39, 0.29) is 12.2 Å². The summed E-state index contributed by atoms with van der Waals surface area (Å²) in [5.74, 6) is 0. The highest BCUT2D eigenvalue weighted by Crippen LogP contribution is 2.28. The lowest BCUT2D eigenvalue weighted by molar-refractivity contribution is -0.00186. The lowest BCUT2D eigenvalue weighted by Gasteiger charge is -2.32. The monoisotopic (exact) mass is 156 g/mol. The molecular weight excluding hydrogens is 140 g/mol. The number of aliphatic hydroxyl groups is 1. The SMILES string of the molecule is CC1=COC(C)(CCO)CC1. The van der Waals surface area contributed by atoms with Gasteiger partial charge in [0.2, 0.25) is 0 Å². The number of hydrogen-bond acceptors (Lipinski definition) is 2. The van der Waals surface area contributed by atoms with Crippen LogP contribution in [0.15, 0.2) is 11.8 Å². The largest absolute Gasteiger partial charge is 0.495 e. The zero-order valence-electron chi connectivity index (χ0n) is 7.26. The third kappa shape index (κ3) is 2.22. The molecule has 2 nitrogen and oxygen atoms in total. The van der Waals surface area contributed by atoms with Gasteiger partial charge in [-0.3, -0.25) is 0 Å². The second kappa shape index (κ2) is 3.26. The molecule has 11 heavy (non-hydrogen) atoms. The molecule has 0 radical (unpaired) electrons. The molecule has 1 atom stereocenters. The van der Waals surface area contributed by atoms with Crippen molar-refractivity contribution in [3.05, 3.63) is 11.8 Å². The first-order valence-electron chi connectivity index (χ1n) is 4.11. The van der Waals surface area contributed by atoms with Gasteiger partial charge in [-0.2, -0.15) is 0 Å². The van der Waals surface area contributed by atoms with Crippen molar-refractivity contribution in [3.8, 4) is 0 Å². The van der Waals surface area contributed by atoms with Crippen molar-refractivity contribution >= 4 is 0 Å². The predicted molar refractivity (Wildman–Crippen MR) is 44.2 cm³/mol. The molecular formula is C9H16O2. The Morgan fingerprint density at radius 3 is 2.91 bits per heavy atom. The molecule has 0 aromatic rings. The normalized spacial score (nSPS) is 31.0. The Balaban J connectivity index is 2.49. The van der Waals surface area contributed by atoms with Gasteiger partial charge in [0.05, 0.1) is 6.26 Å². The molecule has 1 rings (SSSR count). The molecule has 0 aliphatic carbocycles. The van der Waals surface area contributed by atoms with Crippen LogP contribution in [-0.2, 0) is 4.74 Å². The van der Waals surface area contributed by atoms with E-state index < -0.39 is 0 Å². The highest BCUT2D eigenvalue weighted by Gasteiger charge is 2.26. The summed E-state index contributed by atoms with van der Waals surface area (Å²) in [6.45, 7) is 4.33. The highest BCUT2D eigenvalue weighted by molar-refractivity contribution is 5.00. The van der Waals surface area contributed by atoms with Crippen LogP contribution in [0, 0.1) is 0 Å². The van der Waals surface area contributed by atoms with E-state index in [2.05, 4.69) is 6.92 Å². The van der Waals surface area contributed by atoms with Crippen LogP contribution < -0.4 is 0 Å². The molecule has 0 fully saturated rings. The van der Waals surface area contributed by atoms with Gasteiger partial charge in [0.15, 0.2) is 0 Å². The molecule has 0 aromatic heterocycles. The lowest BCUT2D eigenvalue weighted by atomic mass is 9.92. The third-order valence-electron chi connectivity index (χ3n) is 2.23. The maximum atomic E-state index is 8.75. The first-order valence-corrected chi connectivity index (χ1v) is 4.11. The Bertz CT molecular complexity index is 163. The lowest BCUT2D eigenvalue weighted by Crippen LogP contribution is -2.30. The van der Waals surface area contributed by atoms with Crippen molar-refractivity contribution in [2.24, 2.45) is 0 Å². The molecule has 0 saturated heterocycles. The van der Waals surface area contributed by atoms with Crippen molar-refractivity contribution < 1.29 is 9.84 Å². The Hall–Kier alpha value is -0.500. The van der Waals surface area contributed by atoms with E-state index in [0.29, 0.717) is 0 Å². The predicted octanol–water partition coefficient (Wildman–Crippen LogP) is 1.84. The highest BCUT2D eigenvalue weighted by atomic mass is 16.5. The Labute approximate surface area is 67.9 Å². The summed E-state index contributed by atoms with van der Waals surface area (Å²) >= 11 is 0. The van der Waals surface area contributed by atoms with Crippen LogP contribution in [0.5, 0.6) is 0 Å². The number of ether oxygens (including phenoxy) is 1. The first kappa shape index (κ1) is 8.60. The van der Waals surface area contributed by atoms with E-state index >= 15 is 0 Å². The van der Waals surface area contributed by atoms with Gasteiger partial charge in [-0.1, -0.05) is 0 Å². The maximum absolute atomic E-state index is 8.75. The van der Waals surface area contributed by atoms with E-state index in [4.69, 9.17) is 9.84 Å². The van der Waals surface area contributed by atoms with Crippen molar-refractivity contribution in [2.75, 3.05) is 6.61 Å². The summed E-state index contributed by atoms with van der Waals surface area (Å²) in [5.41, 5.74) is 1.18. The minimum absolute atomic E-state index is 0.117. The molecule has 1 aliphatic rings. The van der Waals surface area contributed by atoms with Crippen LogP contribution in [-0.4, -0.2) is 17.3 Å². The van der Waals surface area contributed by atoms with Crippen LogP contribution in [0.2, 0.25) is 0 Å². The first-order chi connectivity index (χ1) is 5.16. The summed E-state index contributed by atoms with van der Waals surface area (Å²) in [6, 6.07) is 0. The smallest absolute Gasteiger partial charge is 0.108 e. The quantitative estimate of drug-likeness (QED) is 0.661. The topological polar surface area (TPSA) is 29.5 Å². The Morgan fingerprint density at radius 2 is 2.45 bits per heavy atom. The van der Waals surface area contributed by atoms with E-state index in [1.807, 2.05) is 13.2 Å². The Morgan fingerprint density at radius 1 is 1.73 bits per heavy atom. The molecule has 0 saturated carbocycles. The fourth-order valence-electron chi connectivity index (χ4n) is 1.24. The summed E-state index contributed by atoms with van der Waals surface area (Å²) in [4.78, 5) is 0. The van der Waals surface area contributed by atoms with E-state index in [9.17, 15) is 0 Å². The van der Waals surface area contributed by atoms with Crippen molar-refractivity contribution in [1.82, 2.24) is 0 Å². The third-order valence-corrected chi connectivity index (χ3v) is 2.23. The molecule has 1 aliphatic heterocycles. The van der Waals surface area contributed by atoms with Gasteiger partial charge in [0, 0.05) is 13.0 Å². The second-order valence-corrected chi connectivity index (χ2v) is 3.51. The molecule has 1 heterocycles. The Kier molecular flexibility index (Phi) is 2.55. The molecule has 0 amide bonds. The molecule has 2 heteroatoms. The van der Waals surface area contributed by atoms with Crippen molar-refractivity contribution in [3.63, 3.8) is 0 Å². The standard InChI is InChI=1S/C9H16O2/c1-8-3-4-9(2,5-6-10)11-7-8/h7,10H,3-6H2,1-2H3. The van der Waals surface area contributed by atoms with Gasteiger partial charge >= 0.3 is 0 Å². The summed E-state index contributed by atoms with van der Waals surface area (Å²) in [6.07, 6.45) is 4.67. The summed E-state index contributed by atoms with van der Waals surface area (Å²) in [7, 11) is 0. The summed E-state index contributed by atoms with van der Waals surface area (Å²) < 4.78 is 5.50. The summed E-state index contributed by atoms with van der Waals surface area (Å²) in [5, 5.41) is 8.75. The average molecular weight is 156 g/mol. The molecule has 1 N–H and O–H groups in total. The van der Waals surface area contributed by atoms with Gasteiger partial charge in [-0.15, -0.1) is 0 Å². The van der Waals surface area contributed by atoms with Gasteiger partial charge in [0.1, 0.15) is 5.60 Å². The van der Waals surface area contributed by atoms with Crippen LogP contribution in [0.4, 0.5) is 0 Å². The molecule has 64 valence electrons. The number of hydrogen-bond donors (Lipinski definition) is 1. The van der Waals surface area contributed by atoms with E-state index in [1.165, 1.54) is 5.57 Å². The van der Waals surface area contributed by atoms with Crippen molar-refractivity contribution in [2.45, 2.75) is 38.7 Å². The van der Waals surface area contributed by atoms with Gasteiger partial charge < -0.3 is 9.84 Å². The fourth-order valence-corrected chi connectivity index (χ4v) is 1.24. The van der Waals surface area contributed by atoms with Crippen LogP contribution in [0.25, 0.3) is 0 Å². The van der Waals surface area contributed by atoms with Gasteiger partial charge in [0.25, 0.3) is 0 Å². The fraction of sp³-hybridized carbons (Fsp3) is 0.778. The molecule has 0 spiro atoms. The average Bonchev–Trinajstić information content (AvgIpc) is 1.97. The van der Waals surface area contributed by atoms with Crippen molar-refractivity contribution in [1.29, 1.82) is 0 Å². The number of allylic oxidation sites excluding steroid dienone is 1. The minimum atomic E-state index is -0.117.